The molecule has 2 rings (SSSR count). The summed E-state index contributed by atoms with van der Waals surface area (Å²) >= 11 is 0. The predicted molar refractivity (Wildman–Crippen MR) is 91.8 cm³/mol. The van der Waals surface area contributed by atoms with E-state index in [1.54, 1.807) is 12.1 Å². The molecule has 1 heterocycles. The van der Waals surface area contributed by atoms with Crippen molar-refractivity contribution in [3.63, 3.8) is 0 Å². The fourth-order valence-electron chi connectivity index (χ4n) is 2.84. The van der Waals surface area contributed by atoms with Crippen LogP contribution < -0.4 is 9.21 Å². The summed E-state index contributed by atoms with van der Waals surface area (Å²) in [6.07, 6.45) is 2.77. The first-order chi connectivity index (χ1) is 11.3. The summed E-state index contributed by atoms with van der Waals surface area (Å²) in [5, 5.41) is 0. The third kappa shape index (κ3) is 3.53. The Balaban J connectivity index is 2.72. The van der Waals surface area contributed by atoms with Gasteiger partial charge in [0.1, 0.15) is 0 Å². The van der Waals surface area contributed by atoms with Crippen LogP contribution >= 0.6 is 0 Å². The van der Waals surface area contributed by atoms with E-state index in [0.29, 0.717) is 31.5 Å². The summed E-state index contributed by atoms with van der Waals surface area (Å²) in [5.74, 6) is -0.716. The Morgan fingerprint density at radius 1 is 1.38 bits per heavy atom. The molecule has 0 radical (unpaired) electrons. The standard InChI is InChI=1S/C16H22N2O5S/c1-4-10-18(24(3,21)22)15-12(16(20)23-2)7-5-8-13(15)17-11-6-9-14(17)19/h5,7-8H,4,6,9-11H2,1-3H3. The molecule has 1 aliphatic heterocycles. The molecule has 24 heavy (non-hydrogen) atoms. The zero-order valence-electron chi connectivity index (χ0n) is 14.1. The number of rotatable bonds is 6. The maximum atomic E-state index is 12.3. The maximum Gasteiger partial charge on any atom is 0.340 e. The molecule has 1 aliphatic rings. The number of anilines is 2. The number of esters is 1. The highest BCUT2D eigenvalue weighted by molar-refractivity contribution is 7.92. The Hall–Kier alpha value is -2.09. The molecule has 0 unspecified atom stereocenters. The molecule has 0 bridgehead atoms. The number of methoxy groups -OCH3 is 1. The van der Waals surface area contributed by atoms with Crippen molar-refractivity contribution in [3.05, 3.63) is 23.8 Å². The SMILES string of the molecule is CCCN(c1c(C(=O)OC)cccc1N1CCCC1=O)S(C)(=O)=O. The van der Waals surface area contributed by atoms with Crippen LogP contribution in [-0.2, 0) is 19.6 Å². The Morgan fingerprint density at radius 3 is 2.58 bits per heavy atom. The number of carbonyl (C=O) groups is 2. The van der Waals surface area contributed by atoms with Gasteiger partial charge in [-0.05, 0) is 25.0 Å². The van der Waals surface area contributed by atoms with Gasteiger partial charge in [-0.15, -0.1) is 0 Å². The normalized spacial score (nSPS) is 14.8. The van der Waals surface area contributed by atoms with Crippen molar-refractivity contribution in [2.45, 2.75) is 26.2 Å². The highest BCUT2D eigenvalue weighted by Crippen LogP contribution is 2.37. The molecule has 0 aliphatic carbocycles. The number of amides is 1. The highest BCUT2D eigenvalue weighted by atomic mass is 32.2. The third-order valence-electron chi connectivity index (χ3n) is 3.86. The lowest BCUT2D eigenvalue weighted by molar-refractivity contribution is -0.117. The summed E-state index contributed by atoms with van der Waals surface area (Å²) in [7, 11) is -2.39. The van der Waals surface area contributed by atoms with Crippen molar-refractivity contribution in [3.8, 4) is 0 Å². The van der Waals surface area contributed by atoms with Crippen LogP contribution in [0.15, 0.2) is 18.2 Å². The molecule has 1 saturated heterocycles. The van der Waals surface area contributed by atoms with Crippen LogP contribution in [0.1, 0.15) is 36.5 Å². The van der Waals surface area contributed by atoms with Gasteiger partial charge in [0.2, 0.25) is 15.9 Å². The molecule has 132 valence electrons. The summed E-state index contributed by atoms with van der Waals surface area (Å²) in [5.41, 5.74) is 0.775. The van der Waals surface area contributed by atoms with Crippen molar-refractivity contribution >= 4 is 33.3 Å². The van der Waals surface area contributed by atoms with Gasteiger partial charge in [-0.2, -0.15) is 0 Å². The summed E-state index contributed by atoms with van der Waals surface area (Å²) in [6, 6.07) is 4.81. The number of sulfonamides is 1. The second-order valence-corrected chi connectivity index (χ2v) is 7.56. The van der Waals surface area contributed by atoms with Crippen LogP contribution in [0.5, 0.6) is 0 Å². The Bertz CT molecular complexity index is 745. The first-order valence-electron chi connectivity index (χ1n) is 7.80. The Kier molecular flexibility index (Phi) is 5.48. The number of hydrogen-bond acceptors (Lipinski definition) is 5. The first-order valence-corrected chi connectivity index (χ1v) is 9.65. The Morgan fingerprint density at radius 2 is 2.08 bits per heavy atom. The minimum Gasteiger partial charge on any atom is -0.465 e. The van der Waals surface area contributed by atoms with Crippen LogP contribution in [0.2, 0.25) is 0 Å². The fraction of sp³-hybridized carbons (Fsp3) is 0.500. The molecule has 0 saturated carbocycles. The zero-order valence-corrected chi connectivity index (χ0v) is 14.9. The predicted octanol–water partition coefficient (Wildman–Crippen LogP) is 1.78. The number of para-hydroxylation sites is 1. The molecule has 1 amide bonds. The largest absolute Gasteiger partial charge is 0.465 e. The van der Waals surface area contributed by atoms with Crippen LogP contribution in [0, 0.1) is 0 Å². The van der Waals surface area contributed by atoms with Crippen LogP contribution in [-0.4, -0.2) is 46.7 Å². The van der Waals surface area contributed by atoms with E-state index in [1.807, 2.05) is 6.92 Å². The van der Waals surface area contributed by atoms with E-state index < -0.39 is 16.0 Å². The van der Waals surface area contributed by atoms with E-state index in [9.17, 15) is 18.0 Å². The van der Waals surface area contributed by atoms with Gasteiger partial charge in [0.05, 0.1) is 30.3 Å². The van der Waals surface area contributed by atoms with Crippen molar-refractivity contribution in [2.75, 3.05) is 35.7 Å². The van der Waals surface area contributed by atoms with E-state index in [0.717, 1.165) is 6.26 Å². The lowest BCUT2D eigenvalue weighted by atomic mass is 10.1. The minimum atomic E-state index is -3.63. The molecule has 0 atom stereocenters. The molecule has 8 heteroatoms. The maximum absolute atomic E-state index is 12.3. The van der Waals surface area contributed by atoms with Gasteiger partial charge >= 0.3 is 5.97 Å². The van der Waals surface area contributed by atoms with Crippen LogP contribution in [0.3, 0.4) is 0 Å². The molecule has 1 aromatic carbocycles. The quantitative estimate of drug-likeness (QED) is 0.727. The number of nitrogens with zero attached hydrogens (tertiary/aromatic N) is 2. The molecule has 0 N–H and O–H groups in total. The average Bonchev–Trinajstić information content (AvgIpc) is 2.96. The molecular formula is C16H22N2O5S. The van der Waals surface area contributed by atoms with Crippen molar-refractivity contribution in [1.82, 2.24) is 0 Å². The number of hydrogen-bond donors (Lipinski definition) is 0. The number of carbonyl (C=O) groups excluding carboxylic acids is 2. The monoisotopic (exact) mass is 354 g/mol. The third-order valence-corrected chi connectivity index (χ3v) is 5.03. The smallest absolute Gasteiger partial charge is 0.340 e. The molecular weight excluding hydrogens is 332 g/mol. The number of benzene rings is 1. The second-order valence-electron chi connectivity index (χ2n) is 5.65. The molecule has 0 aromatic heterocycles. The zero-order chi connectivity index (χ0) is 17.9. The van der Waals surface area contributed by atoms with E-state index in [2.05, 4.69) is 0 Å². The van der Waals surface area contributed by atoms with Gasteiger partial charge in [0.25, 0.3) is 0 Å². The summed E-state index contributed by atoms with van der Waals surface area (Å²) in [6.45, 7) is 2.56. The topological polar surface area (TPSA) is 84.0 Å². The molecule has 0 spiro atoms. The van der Waals surface area contributed by atoms with Gasteiger partial charge in [0, 0.05) is 19.5 Å². The van der Waals surface area contributed by atoms with E-state index in [4.69, 9.17) is 4.74 Å². The van der Waals surface area contributed by atoms with E-state index in [1.165, 1.54) is 22.4 Å². The van der Waals surface area contributed by atoms with Gasteiger partial charge < -0.3 is 9.64 Å². The van der Waals surface area contributed by atoms with Gasteiger partial charge in [0.15, 0.2) is 0 Å². The molecule has 1 aromatic rings. The van der Waals surface area contributed by atoms with E-state index in [-0.39, 0.29) is 23.7 Å². The summed E-state index contributed by atoms with van der Waals surface area (Å²) < 4.78 is 30.6. The van der Waals surface area contributed by atoms with Crippen molar-refractivity contribution in [1.29, 1.82) is 0 Å². The Labute approximate surface area is 142 Å². The summed E-state index contributed by atoms with van der Waals surface area (Å²) in [4.78, 5) is 25.9. The average molecular weight is 354 g/mol. The van der Waals surface area contributed by atoms with Crippen LogP contribution in [0.25, 0.3) is 0 Å². The molecule has 1 fully saturated rings. The van der Waals surface area contributed by atoms with E-state index >= 15 is 0 Å². The first kappa shape index (κ1) is 18.3. The van der Waals surface area contributed by atoms with Gasteiger partial charge in [-0.1, -0.05) is 13.0 Å². The van der Waals surface area contributed by atoms with Crippen LogP contribution in [0.4, 0.5) is 11.4 Å². The number of ether oxygens (including phenoxy) is 1. The van der Waals surface area contributed by atoms with Crippen molar-refractivity contribution in [2.24, 2.45) is 0 Å². The lowest BCUT2D eigenvalue weighted by Crippen LogP contribution is -2.35. The second kappa shape index (κ2) is 7.21. The van der Waals surface area contributed by atoms with Crippen molar-refractivity contribution < 1.29 is 22.7 Å². The highest BCUT2D eigenvalue weighted by Gasteiger charge is 2.31. The minimum absolute atomic E-state index is 0.0804. The molecule has 7 nitrogen and oxygen atoms in total. The van der Waals surface area contributed by atoms with Gasteiger partial charge in [-0.25, -0.2) is 13.2 Å². The lowest BCUT2D eigenvalue weighted by Gasteiger charge is -2.29. The van der Waals surface area contributed by atoms with Gasteiger partial charge in [-0.3, -0.25) is 9.10 Å². The fourth-order valence-corrected chi connectivity index (χ4v) is 3.87.